The molecule has 1 aromatic heterocycles. The molecule has 0 N–H and O–H groups in total. The summed E-state index contributed by atoms with van der Waals surface area (Å²) < 4.78 is 9.95. The predicted molar refractivity (Wildman–Crippen MR) is 68.6 cm³/mol. The standard InChI is InChI=1S/C14H15NO3/c1-17-13-5-3-4-10-11(13)8-9-15-12(10)6-7-14(16)18-2/h3-5,8-9H,6-7H2,1-2H3. The topological polar surface area (TPSA) is 48.4 Å². The lowest BCUT2D eigenvalue weighted by Gasteiger charge is -2.08. The number of rotatable bonds is 4. The van der Waals surface area contributed by atoms with Crippen LogP contribution in [0.3, 0.4) is 0 Å². The molecule has 0 unspecified atom stereocenters. The van der Waals surface area contributed by atoms with Crippen molar-refractivity contribution in [3.05, 3.63) is 36.2 Å². The van der Waals surface area contributed by atoms with Crippen molar-refractivity contribution < 1.29 is 14.3 Å². The molecule has 2 rings (SSSR count). The minimum Gasteiger partial charge on any atom is -0.496 e. The van der Waals surface area contributed by atoms with Gasteiger partial charge in [0.1, 0.15) is 5.75 Å². The van der Waals surface area contributed by atoms with Gasteiger partial charge in [0.25, 0.3) is 0 Å². The Kier molecular flexibility index (Phi) is 3.77. The maximum atomic E-state index is 11.2. The van der Waals surface area contributed by atoms with E-state index in [0.29, 0.717) is 12.8 Å². The second kappa shape index (κ2) is 5.49. The van der Waals surface area contributed by atoms with Crippen molar-refractivity contribution in [2.24, 2.45) is 0 Å². The van der Waals surface area contributed by atoms with E-state index < -0.39 is 0 Å². The summed E-state index contributed by atoms with van der Waals surface area (Å²) >= 11 is 0. The van der Waals surface area contributed by atoms with Crippen LogP contribution < -0.4 is 4.74 Å². The predicted octanol–water partition coefficient (Wildman–Crippen LogP) is 2.35. The van der Waals surface area contributed by atoms with Gasteiger partial charge in [0.15, 0.2) is 0 Å². The highest BCUT2D eigenvalue weighted by Gasteiger charge is 2.08. The Bertz CT molecular complexity index is 566. The molecule has 4 nitrogen and oxygen atoms in total. The summed E-state index contributed by atoms with van der Waals surface area (Å²) in [7, 11) is 3.03. The molecule has 0 bridgehead atoms. The van der Waals surface area contributed by atoms with Gasteiger partial charge >= 0.3 is 5.97 Å². The quantitative estimate of drug-likeness (QED) is 0.776. The first-order valence-electron chi connectivity index (χ1n) is 5.73. The maximum absolute atomic E-state index is 11.2. The zero-order chi connectivity index (χ0) is 13.0. The third-order valence-electron chi connectivity index (χ3n) is 2.86. The monoisotopic (exact) mass is 245 g/mol. The molecule has 0 saturated carbocycles. The van der Waals surface area contributed by atoms with E-state index in [1.807, 2.05) is 24.3 Å². The molecule has 4 heteroatoms. The lowest BCUT2D eigenvalue weighted by atomic mass is 10.1. The number of aryl methyl sites for hydroxylation is 1. The average Bonchev–Trinajstić information content (AvgIpc) is 2.43. The first-order chi connectivity index (χ1) is 8.76. The van der Waals surface area contributed by atoms with E-state index in [4.69, 9.17) is 4.74 Å². The van der Waals surface area contributed by atoms with Gasteiger partial charge in [-0.2, -0.15) is 0 Å². The third-order valence-corrected chi connectivity index (χ3v) is 2.86. The Morgan fingerprint density at radius 1 is 1.22 bits per heavy atom. The molecule has 94 valence electrons. The van der Waals surface area contributed by atoms with Gasteiger partial charge in [0.05, 0.1) is 20.6 Å². The number of aromatic nitrogens is 1. The molecular formula is C14H15NO3. The van der Waals surface area contributed by atoms with E-state index in [2.05, 4.69) is 9.72 Å². The zero-order valence-electron chi connectivity index (χ0n) is 10.5. The van der Waals surface area contributed by atoms with Gasteiger partial charge in [-0.25, -0.2) is 0 Å². The molecular weight excluding hydrogens is 230 g/mol. The number of methoxy groups -OCH3 is 2. The fourth-order valence-electron chi connectivity index (χ4n) is 1.94. The highest BCUT2D eigenvalue weighted by atomic mass is 16.5. The number of fused-ring (bicyclic) bond motifs is 1. The molecule has 0 amide bonds. The van der Waals surface area contributed by atoms with Gasteiger partial charge < -0.3 is 9.47 Å². The second-order valence-corrected chi connectivity index (χ2v) is 3.89. The number of hydrogen-bond donors (Lipinski definition) is 0. The Balaban J connectivity index is 2.36. The van der Waals surface area contributed by atoms with Crippen molar-refractivity contribution >= 4 is 16.7 Å². The SMILES string of the molecule is COC(=O)CCc1nccc2c(OC)cccc12. The fraction of sp³-hybridized carbons (Fsp3) is 0.286. The Labute approximate surface area is 106 Å². The third kappa shape index (κ3) is 2.42. The molecule has 1 heterocycles. The number of nitrogens with zero attached hydrogens (tertiary/aromatic N) is 1. The average molecular weight is 245 g/mol. The second-order valence-electron chi connectivity index (χ2n) is 3.89. The van der Waals surface area contributed by atoms with Crippen LogP contribution in [0.2, 0.25) is 0 Å². The van der Waals surface area contributed by atoms with E-state index >= 15 is 0 Å². The summed E-state index contributed by atoms with van der Waals surface area (Å²) in [5.74, 6) is 0.589. The van der Waals surface area contributed by atoms with Crippen molar-refractivity contribution in [1.82, 2.24) is 4.98 Å². The minimum absolute atomic E-state index is 0.225. The molecule has 0 spiro atoms. The van der Waals surface area contributed by atoms with Crippen LogP contribution in [0.4, 0.5) is 0 Å². The van der Waals surface area contributed by atoms with Crippen molar-refractivity contribution in [3.63, 3.8) is 0 Å². The van der Waals surface area contributed by atoms with E-state index in [1.54, 1.807) is 13.3 Å². The van der Waals surface area contributed by atoms with Crippen LogP contribution in [-0.2, 0) is 16.0 Å². The van der Waals surface area contributed by atoms with Crippen LogP contribution in [0.5, 0.6) is 5.75 Å². The van der Waals surface area contributed by atoms with Gasteiger partial charge in [-0.3, -0.25) is 9.78 Å². The highest BCUT2D eigenvalue weighted by Crippen LogP contribution is 2.27. The van der Waals surface area contributed by atoms with Crippen LogP contribution in [0.1, 0.15) is 12.1 Å². The largest absolute Gasteiger partial charge is 0.496 e. The molecule has 0 aliphatic heterocycles. The molecule has 18 heavy (non-hydrogen) atoms. The Hall–Kier alpha value is -2.10. The van der Waals surface area contributed by atoms with E-state index in [1.165, 1.54) is 7.11 Å². The van der Waals surface area contributed by atoms with Crippen LogP contribution >= 0.6 is 0 Å². The van der Waals surface area contributed by atoms with E-state index in [0.717, 1.165) is 22.2 Å². The van der Waals surface area contributed by atoms with Gasteiger partial charge in [-0.05, 0) is 12.1 Å². The van der Waals surface area contributed by atoms with Crippen molar-refractivity contribution in [3.8, 4) is 5.75 Å². The first-order valence-corrected chi connectivity index (χ1v) is 5.73. The molecule has 1 aromatic carbocycles. The lowest BCUT2D eigenvalue weighted by molar-refractivity contribution is -0.140. The summed E-state index contributed by atoms with van der Waals surface area (Å²) in [4.78, 5) is 15.5. The highest BCUT2D eigenvalue weighted by molar-refractivity contribution is 5.90. The van der Waals surface area contributed by atoms with Crippen molar-refractivity contribution in [1.29, 1.82) is 0 Å². The van der Waals surface area contributed by atoms with Crippen LogP contribution in [0.15, 0.2) is 30.5 Å². The molecule has 0 atom stereocenters. The number of ether oxygens (including phenoxy) is 2. The number of hydrogen-bond acceptors (Lipinski definition) is 4. The molecule has 0 radical (unpaired) electrons. The molecule has 0 aliphatic rings. The van der Waals surface area contributed by atoms with Gasteiger partial charge in [-0.1, -0.05) is 12.1 Å². The van der Waals surface area contributed by atoms with Gasteiger partial charge in [0.2, 0.25) is 0 Å². The first kappa shape index (κ1) is 12.4. The van der Waals surface area contributed by atoms with Gasteiger partial charge in [0, 0.05) is 29.1 Å². The normalized spacial score (nSPS) is 10.3. The van der Waals surface area contributed by atoms with Gasteiger partial charge in [-0.15, -0.1) is 0 Å². The summed E-state index contributed by atoms with van der Waals surface area (Å²) in [5.41, 5.74) is 0.886. The van der Waals surface area contributed by atoms with Crippen LogP contribution in [0, 0.1) is 0 Å². The summed E-state index contributed by atoms with van der Waals surface area (Å²) in [6, 6.07) is 7.73. The number of benzene rings is 1. The summed E-state index contributed by atoms with van der Waals surface area (Å²) in [6.07, 6.45) is 2.63. The van der Waals surface area contributed by atoms with E-state index in [9.17, 15) is 4.79 Å². The number of pyridine rings is 1. The minimum atomic E-state index is -0.225. The van der Waals surface area contributed by atoms with Crippen LogP contribution in [0.25, 0.3) is 10.8 Å². The number of carbonyl (C=O) groups excluding carboxylic acids is 1. The fourth-order valence-corrected chi connectivity index (χ4v) is 1.94. The molecule has 0 fully saturated rings. The number of esters is 1. The van der Waals surface area contributed by atoms with E-state index in [-0.39, 0.29) is 5.97 Å². The van der Waals surface area contributed by atoms with Crippen LogP contribution in [-0.4, -0.2) is 25.2 Å². The maximum Gasteiger partial charge on any atom is 0.305 e. The van der Waals surface area contributed by atoms with Crippen molar-refractivity contribution in [2.45, 2.75) is 12.8 Å². The summed E-state index contributed by atoms with van der Waals surface area (Å²) in [5, 5.41) is 2.02. The zero-order valence-corrected chi connectivity index (χ0v) is 10.5. The smallest absolute Gasteiger partial charge is 0.305 e. The Morgan fingerprint density at radius 3 is 2.78 bits per heavy atom. The van der Waals surface area contributed by atoms with Crippen molar-refractivity contribution in [2.75, 3.05) is 14.2 Å². The molecule has 2 aromatic rings. The molecule has 0 saturated heterocycles. The Morgan fingerprint density at radius 2 is 2.06 bits per heavy atom. The lowest BCUT2D eigenvalue weighted by Crippen LogP contribution is -2.03. The summed E-state index contributed by atoms with van der Waals surface area (Å²) in [6.45, 7) is 0. The number of carbonyl (C=O) groups is 1. The molecule has 0 aliphatic carbocycles.